The van der Waals surface area contributed by atoms with Crippen molar-refractivity contribution in [2.75, 3.05) is 35.0 Å². The van der Waals surface area contributed by atoms with Gasteiger partial charge in [-0.25, -0.2) is 0 Å². The van der Waals surface area contributed by atoms with Gasteiger partial charge in [-0.15, -0.1) is 0 Å². The van der Waals surface area contributed by atoms with E-state index in [1.807, 2.05) is 50.3 Å². The van der Waals surface area contributed by atoms with Crippen LogP contribution in [-0.2, 0) is 30.5 Å². The number of likely N-dealkylation sites (N-methyl/N-ethyl adjacent to an activating group) is 1. The van der Waals surface area contributed by atoms with E-state index in [-0.39, 0.29) is 29.1 Å². The molecule has 44 heavy (non-hydrogen) atoms. The first-order chi connectivity index (χ1) is 21.1. The number of benzene rings is 2. The maximum atomic E-state index is 14.5. The van der Waals surface area contributed by atoms with Gasteiger partial charge in [-0.2, -0.15) is 0 Å². The van der Waals surface area contributed by atoms with Crippen LogP contribution in [0.1, 0.15) is 40.8 Å². The molecule has 0 spiro atoms. The summed E-state index contributed by atoms with van der Waals surface area (Å²) in [5.41, 5.74) is 4.99. The van der Waals surface area contributed by atoms with Gasteiger partial charge in [0.25, 0.3) is 0 Å². The highest BCUT2D eigenvalue weighted by Gasteiger charge is 2.59. The van der Waals surface area contributed by atoms with E-state index in [0.717, 1.165) is 22.3 Å². The van der Waals surface area contributed by atoms with Gasteiger partial charge < -0.3 is 29.0 Å². The van der Waals surface area contributed by atoms with E-state index >= 15 is 0 Å². The van der Waals surface area contributed by atoms with E-state index in [9.17, 15) is 19.5 Å². The van der Waals surface area contributed by atoms with Crippen molar-refractivity contribution in [3.63, 3.8) is 0 Å². The summed E-state index contributed by atoms with van der Waals surface area (Å²) in [6.45, 7) is 5.81. The summed E-state index contributed by atoms with van der Waals surface area (Å²) >= 11 is 0. The normalized spacial score (nSPS) is 24.6. The minimum absolute atomic E-state index is 0.0433. The molecule has 0 saturated carbocycles. The maximum Gasteiger partial charge on any atom is 0.247 e. The zero-order chi connectivity index (χ0) is 31.6. The first kappa shape index (κ1) is 29.8. The van der Waals surface area contributed by atoms with Gasteiger partial charge in [0.2, 0.25) is 11.7 Å². The summed E-state index contributed by atoms with van der Waals surface area (Å²) in [5, 5.41) is 11.6. The molecule has 1 amide bonds. The van der Waals surface area contributed by atoms with Crippen molar-refractivity contribution in [3.05, 3.63) is 86.3 Å². The lowest BCUT2D eigenvalue weighted by atomic mass is 9.72. The van der Waals surface area contributed by atoms with Crippen molar-refractivity contribution in [2.45, 2.75) is 51.6 Å². The second-order valence-corrected chi connectivity index (χ2v) is 11.5. The van der Waals surface area contributed by atoms with Crippen molar-refractivity contribution in [3.8, 4) is 11.5 Å². The highest BCUT2D eigenvalue weighted by molar-refractivity contribution is 6.26. The Hall–Kier alpha value is -4.25. The molecule has 1 fully saturated rings. The van der Waals surface area contributed by atoms with Crippen LogP contribution in [-0.4, -0.2) is 85.6 Å². The SMILES string of the molecule is COC1=C(C)C(=O)C2=C(C1=O)[C@@H]1C3=Cc4c(C)c(C)c(OC)c(OC)c4[C@H](COCc4ccccc4)N3C(=O)[C@@H]([C@H]2O)N1C. The number of carbonyl (C=O) groups is 3. The van der Waals surface area contributed by atoms with E-state index < -0.39 is 41.7 Å². The van der Waals surface area contributed by atoms with Gasteiger partial charge in [0, 0.05) is 28.0 Å². The van der Waals surface area contributed by atoms with Crippen molar-refractivity contribution < 1.29 is 38.4 Å². The Morgan fingerprint density at radius 3 is 2.18 bits per heavy atom. The Morgan fingerprint density at radius 1 is 0.864 bits per heavy atom. The van der Waals surface area contributed by atoms with E-state index in [2.05, 4.69) is 0 Å². The van der Waals surface area contributed by atoms with Gasteiger partial charge in [0.1, 0.15) is 12.1 Å². The molecule has 10 nitrogen and oxygen atoms in total. The van der Waals surface area contributed by atoms with Crippen molar-refractivity contribution in [1.29, 1.82) is 0 Å². The number of Topliss-reactive ketones (excluding diaryl/α,β-unsaturated/α-hetero) is 2. The number of piperazine rings is 1. The zero-order valence-corrected chi connectivity index (χ0v) is 25.9. The smallest absolute Gasteiger partial charge is 0.247 e. The molecular weight excluding hydrogens is 564 g/mol. The van der Waals surface area contributed by atoms with Crippen molar-refractivity contribution >= 4 is 23.5 Å². The number of aliphatic hydroxyl groups excluding tert-OH is 1. The highest BCUT2D eigenvalue weighted by Crippen LogP contribution is 2.53. The van der Waals surface area contributed by atoms with Gasteiger partial charge in [0.15, 0.2) is 23.0 Å². The average molecular weight is 601 g/mol. The fourth-order valence-electron chi connectivity index (χ4n) is 7.20. The Balaban J connectivity index is 1.58. The van der Waals surface area contributed by atoms with Crippen LogP contribution in [0.2, 0.25) is 0 Å². The molecule has 2 aromatic rings. The summed E-state index contributed by atoms with van der Waals surface area (Å²) in [4.78, 5) is 45.3. The first-order valence-electron chi connectivity index (χ1n) is 14.5. The second-order valence-electron chi connectivity index (χ2n) is 11.5. The number of allylic oxidation sites excluding steroid dienone is 2. The Bertz CT molecular complexity index is 1690. The molecule has 0 aromatic heterocycles. The Kier molecular flexibility index (Phi) is 7.47. The van der Waals surface area contributed by atoms with Crippen LogP contribution in [0.15, 0.2) is 58.5 Å². The van der Waals surface area contributed by atoms with Gasteiger partial charge in [-0.1, -0.05) is 30.3 Å². The molecule has 0 radical (unpaired) electrons. The van der Waals surface area contributed by atoms with Crippen LogP contribution in [0.5, 0.6) is 11.5 Å². The number of rotatable bonds is 7. The third-order valence-corrected chi connectivity index (χ3v) is 9.41. The van der Waals surface area contributed by atoms with E-state index in [0.29, 0.717) is 29.4 Å². The summed E-state index contributed by atoms with van der Waals surface area (Å²) in [5.74, 6) is -0.409. The molecule has 2 aromatic carbocycles. The highest BCUT2D eigenvalue weighted by atomic mass is 16.5. The van der Waals surface area contributed by atoms with Gasteiger partial charge >= 0.3 is 0 Å². The van der Waals surface area contributed by atoms with Gasteiger partial charge in [-0.3, -0.25) is 19.3 Å². The van der Waals surface area contributed by atoms with Crippen LogP contribution in [0, 0.1) is 13.8 Å². The van der Waals surface area contributed by atoms with Gasteiger partial charge in [0.05, 0.1) is 46.6 Å². The lowest BCUT2D eigenvalue weighted by Gasteiger charge is -2.55. The van der Waals surface area contributed by atoms with Crippen LogP contribution in [0.3, 0.4) is 0 Å². The molecule has 4 atom stereocenters. The molecule has 6 rings (SSSR count). The number of hydrogen-bond donors (Lipinski definition) is 1. The quantitative estimate of drug-likeness (QED) is 0.479. The summed E-state index contributed by atoms with van der Waals surface area (Å²) in [6, 6.07) is 7.11. The molecule has 1 saturated heterocycles. The zero-order valence-electron chi connectivity index (χ0n) is 25.9. The summed E-state index contributed by atoms with van der Waals surface area (Å²) in [6.07, 6.45) is 0.369. The number of methoxy groups -OCH3 is 3. The fourth-order valence-corrected chi connectivity index (χ4v) is 7.20. The number of ketones is 2. The summed E-state index contributed by atoms with van der Waals surface area (Å²) in [7, 11) is 6.17. The molecule has 1 N–H and O–H groups in total. The molecule has 3 heterocycles. The van der Waals surface area contributed by atoms with Crippen molar-refractivity contribution in [2.24, 2.45) is 0 Å². The van der Waals surface area contributed by atoms with Crippen molar-refractivity contribution in [1.82, 2.24) is 9.80 Å². The van der Waals surface area contributed by atoms with Crippen LogP contribution in [0.4, 0.5) is 0 Å². The molecular formula is C34H36N2O8. The number of ether oxygens (including phenoxy) is 4. The molecule has 4 aliphatic rings. The standard InChI is InChI=1S/C34H36N2O8/c1-16-17(2)32(42-6)33(43-7)23-20(16)13-21-26-24-25(28(37)18(3)31(41-5)30(24)39)29(38)27(35(26)4)34(40)36(21)22(23)15-44-14-19-11-9-8-10-12-19/h8-13,22,26-27,29,38H,14-15H2,1-7H3/t22-,26-,27+,29-/m0/s1. The lowest BCUT2D eigenvalue weighted by Crippen LogP contribution is -2.68. The summed E-state index contributed by atoms with van der Waals surface area (Å²) < 4.78 is 23.4. The number of nitrogens with zero attached hydrogens (tertiary/aromatic N) is 2. The molecule has 230 valence electrons. The lowest BCUT2D eigenvalue weighted by molar-refractivity contribution is -0.150. The van der Waals surface area contributed by atoms with E-state index in [1.54, 1.807) is 31.1 Å². The predicted molar refractivity (Wildman–Crippen MR) is 161 cm³/mol. The first-order valence-corrected chi connectivity index (χ1v) is 14.5. The largest absolute Gasteiger partial charge is 0.493 e. The maximum absolute atomic E-state index is 14.5. The average Bonchev–Trinajstić information content (AvgIpc) is 3.01. The minimum atomic E-state index is -1.52. The van der Waals surface area contributed by atoms with E-state index in [1.165, 1.54) is 14.0 Å². The number of carbonyl (C=O) groups excluding carboxylic acids is 3. The van der Waals surface area contributed by atoms with Crippen LogP contribution in [0.25, 0.3) is 6.08 Å². The molecule has 0 unspecified atom stereocenters. The Labute approximate surface area is 256 Å². The van der Waals surface area contributed by atoms with E-state index in [4.69, 9.17) is 18.9 Å². The molecule has 10 heteroatoms. The number of fused-ring (bicyclic) bond motifs is 6. The molecule has 2 bridgehead atoms. The van der Waals surface area contributed by atoms with Crippen LogP contribution >= 0.6 is 0 Å². The number of aliphatic hydroxyl groups is 1. The van der Waals surface area contributed by atoms with Crippen LogP contribution < -0.4 is 9.47 Å². The fraction of sp³-hybridized carbons (Fsp3) is 0.382. The van der Waals surface area contributed by atoms with Gasteiger partial charge in [-0.05, 0) is 56.1 Å². The minimum Gasteiger partial charge on any atom is -0.493 e. The number of hydrogen-bond acceptors (Lipinski definition) is 9. The molecule has 3 aliphatic heterocycles. The Morgan fingerprint density at radius 2 is 1.55 bits per heavy atom. The third-order valence-electron chi connectivity index (χ3n) is 9.41. The topological polar surface area (TPSA) is 115 Å². The second kappa shape index (κ2) is 11.0. The number of amides is 1. The predicted octanol–water partition coefficient (Wildman–Crippen LogP) is 3.19. The third kappa shape index (κ3) is 4.08. The molecule has 1 aliphatic carbocycles. The monoisotopic (exact) mass is 600 g/mol.